The molecule has 1 aliphatic rings. The topological polar surface area (TPSA) is 67.2 Å². The predicted molar refractivity (Wildman–Crippen MR) is 119 cm³/mol. The molecule has 1 unspecified atom stereocenters. The molecule has 1 saturated heterocycles. The van der Waals surface area contributed by atoms with Crippen LogP contribution in [0, 0.1) is 5.92 Å². The molecule has 30 heavy (non-hydrogen) atoms. The van der Waals surface area contributed by atoms with E-state index in [1.165, 1.54) is 5.69 Å². The number of nitrogens with one attached hydrogen (secondary N) is 1. The van der Waals surface area contributed by atoms with Crippen LogP contribution in [0.25, 0.3) is 5.69 Å². The third kappa shape index (κ3) is 5.56. The number of pyridine rings is 1. The van der Waals surface area contributed by atoms with Crippen molar-refractivity contribution in [1.29, 1.82) is 0 Å². The zero-order valence-electron chi connectivity index (χ0n) is 17.0. The molecule has 1 aliphatic heterocycles. The van der Waals surface area contributed by atoms with Crippen LogP contribution in [0.15, 0.2) is 73.2 Å². The standard InChI is InChI=1S/C23H28N4O2S/c28-30(29,19-20-7-2-1-3-8-20)25-15-21-9-5-13-26(17-21)18-23-11-6-14-27(23)22-10-4-12-24-16-22/h1-4,6-8,10-12,14,16,21,25H,5,9,13,15,17-19H2. The lowest BCUT2D eigenvalue weighted by molar-refractivity contribution is 0.166. The minimum atomic E-state index is -3.32. The summed E-state index contributed by atoms with van der Waals surface area (Å²) in [5.41, 5.74) is 3.08. The Bertz CT molecular complexity index is 1040. The molecule has 0 amide bonds. The van der Waals surface area contributed by atoms with Gasteiger partial charge in [-0.25, -0.2) is 13.1 Å². The maximum absolute atomic E-state index is 12.4. The van der Waals surface area contributed by atoms with Crippen molar-refractivity contribution in [3.8, 4) is 5.69 Å². The largest absolute Gasteiger partial charge is 0.318 e. The molecule has 158 valence electrons. The van der Waals surface area contributed by atoms with Gasteiger partial charge in [0.15, 0.2) is 0 Å². The molecule has 7 heteroatoms. The zero-order valence-corrected chi connectivity index (χ0v) is 17.8. The summed E-state index contributed by atoms with van der Waals surface area (Å²) >= 11 is 0. The van der Waals surface area contributed by atoms with Crippen LogP contribution in [0.1, 0.15) is 24.1 Å². The quantitative estimate of drug-likeness (QED) is 0.603. The predicted octanol–water partition coefficient (Wildman–Crippen LogP) is 3.20. The first-order valence-electron chi connectivity index (χ1n) is 10.4. The van der Waals surface area contributed by atoms with E-state index < -0.39 is 10.0 Å². The molecule has 0 spiro atoms. The monoisotopic (exact) mass is 424 g/mol. The SMILES string of the molecule is O=S(=O)(Cc1ccccc1)NCC1CCCN(Cc2cccn2-c2cccnc2)C1. The number of likely N-dealkylation sites (tertiary alicyclic amines) is 1. The molecule has 6 nitrogen and oxygen atoms in total. The van der Waals surface area contributed by atoms with E-state index in [4.69, 9.17) is 0 Å². The van der Waals surface area contributed by atoms with E-state index in [2.05, 4.69) is 43.6 Å². The van der Waals surface area contributed by atoms with Crippen LogP contribution in [0.3, 0.4) is 0 Å². The average Bonchev–Trinajstić information content (AvgIpc) is 3.22. The second-order valence-electron chi connectivity index (χ2n) is 7.92. The highest BCUT2D eigenvalue weighted by Gasteiger charge is 2.22. The molecule has 0 saturated carbocycles. The maximum Gasteiger partial charge on any atom is 0.215 e. The van der Waals surface area contributed by atoms with Gasteiger partial charge in [-0.2, -0.15) is 0 Å². The van der Waals surface area contributed by atoms with Gasteiger partial charge >= 0.3 is 0 Å². The third-order valence-electron chi connectivity index (χ3n) is 5.54. The normalized spacial score (nSPS) is 17.8. The summed E-state index contributed by atoms with van der Waals surface area (Å²) < 4.78 is 29.9. The molecule has 1 fully saturated rings. The Labute approximate surface area is 178 Å². The van der Waals surface area contributed by atoms with Gasteiger partial charge in [-0.3, -0.25) is 9.88 Å². The van der Waals surface area contributed by atoms with Gasteiger partial charge in [0.25, 0.3) is 0 Å². The Morgan fingerprint density at radius 3 is 2.73 bits per heavy atom. The van der Waals surface area contributed by atoms with E-state index in [1.807, 2.05) is 42.6 Å². The molecule has 3 aromatic rings. The number of hydrogen-bond acceptors (Lipinski definition) is 4. The van der Waals surface area contributed by atoms with Gasteiger partial charge in [-0.15, -0.1) is 0 Å². The van der Waals surface area contributed by atoms with Gasteiger partial charge in [0.05, 0.1) is 17.6 Å². The van der Waals surface area contributed by atoms with Crippen LogP contribution in [-0.4, -0.2) is 42.5 Å². The second-order valence-corrected chi connectivity index (χ2v) is 9.72. The third-order valence-corrected chi connectivity index (χ3v) is 6.86. The summed E-state index contributed by atoms with van der Waals surface area (Å²) in [6.07, 6.45) is 7.84. The van der Waals surface area contributed by atoms with Crippen molar-refractivity contribution in [3.63, 3.8) is 0 Å². The summed E-state index contributed by atoms with van der Waals surface area (Å²) in [5.74, 6) is 0.356. The van der Waals surface area contributed by atoms with Gasteiger partial charge in [0, 0.05) is 37.7 Å². The van der Waals surface area contributed by atoms with Crippen molar-refractivity contribution in [2.45, 2.75) is 25.1 Å². The van der Waals surface area contributed by atoms with Crippen molar-refractivity contribution in [3.05, 3.63) is 84.4 Å². The Balaban J connectivity index is 1.33. The van der Waals surface area contributed by atoms with Gasteiger partial charge in [0.1, 0.15) is 0 Å². The van der Waals surface area contributed by atoms with E-state index in [-0.39, 0.29) is 5.75 Å². The molecular weight excluding hydrogens is 396 g/mol. The fraction of sp³-hybridized carbons (Fsp3) is 0.348. The first kappa shape index (κ1) is 20.8. The van der Waals surface area contributed by atoms with Crippen LogP contribution in [0.5, 0.6) is 0 Å². The lowest BCUT2D eigenvalue weighted by Gasteiger charge is -2.33. The lowest BCUT2D eigenvalue weighted by atomic mass is 9.98. The second kappa shape index (κ2) is 9.55. The Kier molecular flexibility index (Phi) is 6.62. The number of nitrogens with zero attached hydrogens (tertiary/aromatic N) is 3. The van der Waals surface area contributed by atoms with Gasteiger partial charge in [-0.1, -0.05) is 30.3 Å². The van der Waals surface area contributed by atoms with E-state index in [9.17, 15) is 8.42 Å². The minimum absolute atomic E-state index is 0.0307. The van der Waals surface area contributed by atoms with Gasteiger partial charge < -0.3 is 4.57 Å². The molecule has 0 bridgehead atoms. The molecule has 0 radical (unpaired) electrons. The van der Waals surface area contributed by atoms with Crippen molar-refractivity contribution >= 4 is 10.0 Å². The molecule has 2 aromatic heterocycles. The van der Waals surface area contributed by atoms with E-state index >= 15 is 0 Å². The number of rotatable bonds is 8. The highest BCUT2D eigenvalue weighted by atomic mass is 32.2. The smallest absolute Gasteiger partial charge is 0.215 e. The number of hydrogen-bond donors (Lipinski definition) is 1. The van der Waals surface area contributed by atoms with Crippen LogP contribution in [-0.2, 0) is 22.3 Å². The van der Waals surface area contributed by atoms with Crippen LogP contribution in [0.4, 0.5) is 0 Å². The fourth-order valence-corrected chi connectivity index (χ4v) is 5.30. The van der Waals surface area contributed by atoms with Gasteiger partial charge in [0.2, 0.25) is 10.0 Å². The lowest BCUT2D eigenvalue weighted by Crippen LogP contribution is -2.41. The number of benzene rings is 1. The van der Waals surface area contributed by atoms with Crippen molar-refractivity contribution in [1.82, 2.24) is 19.2 Å². The molecule has 1 N–H and O–H groups in total. The van der Waals surface area contributed by atoms with E-state index in [0.717, 1.165) is 43.7 Å². The molecule has 4 rings (SSSR count). The Morgan fingerprint density at radius 2 is 1.93 bits per heavy atom. The summed E-state index contributed by atoms with van der Waals surface area (Å²) in [7, 11) is -3.32. The number of aromatic nitrogens is 2. The summed E-state index contributed by atoms with van der Waals surface area (Å²) in [6, 6.07) is 17.5. The van der Waals surface area contributed by atoms with Crippen LogP contribution < -0.4 is 4.72 Å². The maximum atomic E-state index is 12.4. The molecule has 0 aliphatic carbocycles. The van der Waals surface area contributed by atoms with Crippen LogP contribution in [0.2, 0.25) is 0 Å². The molecule has 1 atom stereocenters. The zero-order chi connectivity index (χ0) is 20.8. The fourth-order valence-electron chi connectivity index (χ4n) is 4.07. The first-order chi connectivity index (χ1) is 14.6. The Hall–Kier alpha value is -2.48. The first-order valence-corrected chi connectivity index (χ1v) is 12.0. The van der Waals surface area contributed by atoms with E-state index in [0.29, 0.717) is 12.5 Å². The van der Waals surface area contributed by atoms with Crippen LogP contribution >= 0.6 is 0 Å². The summed E-state index contributed by atoms with van der Waals surface area (Å²) in [5, 5.41) is 0. The van der Waals surface area contributed by atoms with Crippen molar-refractivity contribution in [2.75, 3.05) is 19.6 Å². The molecule has 1 aromatic carbocycles. The molecule has 3 heterocycles. The number of piperidine rings is 1. The highest BCUT2D eigenvalue weighted by molar-refractivity contribution is 7.88. The minimum Gasteiger partial charge on any atom is -0.318 e. The van der Waals surface area contributed by atoms with Crippen molar-refractivity contribution in [2.24, 2.45) is 5.92 Å². The summed E-state index contributed by atoms with van der Waals surface area (Å²) in [4.78, 5) is 6.64. The highest BCUT2D eigenvalue weighted by Crippen LogP contribution is 2.20. The van der Waals surface area contributed by atoms with Crippen molar-refractivity contribution < 1.29 is 8.42 Å². The average molecular weight is 425 g/mol. The summed E-state index contributed by atoms with van der Waals surface area (Å²) in [6.45, 7) is 3.27. The molecular formula is C23H28N4O2S. The Morgan fingerprint density at radius 1 is 1.07 bits per heavy atom. The van der Waals surface area contributed by atoms with E-state index in [1.54, 1.807) is 6.20 Å². The number of sulfonamides is 1. The van der Waals surface area contributed by atoms with Gasteiger partial charge in [-0.05, 0) is 55.1 Å².